The molecule has 0 spiro atoms. The first kappa shape index (κ1) is 13.6. The van der Waals surface area contributed by atoms with Crippen molar-refractivity contribution in [2.45, 2.75) is 26.9 Å². The summed E-state index contributed by atoms with van der Waals surface area (Å²) in [5.74, 6) is 0. The van der Waals surface area contributed by atoms with Crippen molar-refractivity contribution in [3.63, 3.8) is 0 Å². The molecule has 0 bridgehead atoms. The van der Waals surface area contributed by atoms with Crippen molar-refractivity contribution in [1.82, 2.24) is 9.78 Å². The monoisotopic (exact) mass is 251 g/mol. The zero-order chi connectivity index (χ0) is 11.4. The van der Waals surface area contributed by atoms with Gasteiger partial charge in [0.05, 0.1) is 11.4 Å². The number of nitrogens with zero attached hydrogens (tertiary/aromatic N) is 2. The molecule has 0 saturated carbocycles. The fraction of sp³-hybridized carbons (Fsp3) is 0.308. The van der Waals surface area contributed by atoms with Crippen LogP contribution in [0.1, 0.15) is 18.2 Å². The maximum Gasteiger partial charge on any atom is 0.0825 e. The molecule has 0 fully saturated rings. The highest BCUT2D eigenvalue weighted by Crippen LogP contribution is 2.13. The Hall–Kier alpha value is -1.48. The molecule has 4 heteroatoms. The van der Waals surface area contributed by atoms with Crippen LogP contribution >= 0.6 is 12.4 Å². The summed E-state index contributed by atoms with van der Waals surface area (Å²) in [7, 11) is 0. The molecule has 1 N–H and O–H groups in total. The van der Waals surface area contributed by atoms with E-state index in [2.05, 4.69) is 47.8 Å². The van der Waals surface area contributed by atoms with Crippen LogP contribution in [0.3, 0.4) is 0 Å². The Morgan fingerprint density at radius 1 is 1.24 bits per heavy atom. The second-order valence-electron chi connectivity index (χ2n) is 3.82. The van der Waals surface area contributed by atoms with E-state index in [9.17, 15) is 0 Å². The summed E-state index contributed by atoms with van der Waals surface area (Å²) in [6.07, 6.45) is 2.05. The Labute approximate surface area is 108 Å². The van der Waals surface area contributed by atoms with Crippen LogP contribution in [-0.2, 0) is 13.1 Å². The molecule has 0 atom stereocenters. The average Bonchev–Trinajstić information content (AvgIpc) is 2.69. The lowest BCUT2D eigenvalue weighted by Gasteiger charge is -2.04. The van der Waals surface area contributed by atoms with E-state index in [1.807, 2.05) is 17.7 Å². The summed E-state index contributed by atoms with van der Waals surface area (Å²) in [5.41, 5.74) is 3.45. The first-order chi connectivity index (χ1) is 7.79. The SMILES string of the molecule is CCn1cc(NCc2ccccc2)c(C)n1.Cl. The van der Waals surface area contributed by atoms with Crippen molar-refractivity contribution >= 4 is 18.1 Å². The predicted octanol–water partition coefficient (Wildman–Crippen LogP) is 3.25. The summed E-state index contributed by atoms with van der Waals surface area (Å²) in [5, 5.41) is 7.80. The van der Waals surface area contributed by atoms with Gasteiger partial charge in [-0.15, -0.1) is 12.4 Å². The number of nitrogens with one attached hydrogen (secondary N) is 1. The zero-order valence-electron chi connectivity index (χ0n) is 10.2. The topological polar surface area (TPSA) is 29.9 Å². The molecule has 1 heterocycles. The highest BCUT2D eigenvalue weighted by molar-refractivity contribution is 5.85. The quantitative estimate of drug-likeness (QED) is 0.904. The molecule has 3 nitrogen and oxygen atoms in total. The summed E-state index contributed by atoms with van der Waals surface area (Å²) < 4.78 is 1.95. The van der Waals surface area contributed by atoms with Crippen LogP contribution in [0.5, 0.6) is 0 Å². The minimum Gasteiger partial charge on any atom is -0.378 e. The van der Waals surface area contributed by atoms with Crippen LogP contribution in [0.15, 0.2) is 36.5 Å². The molecule has 1 aromatic heterocycles. The van der Waals surface area contributed by atoms with E-state index in [1.165, 1.54) is 5.56 Å². The third-order valence-corrected chi connectivity index (χ3v) is 2.60. The third kappa shape index (κ3) is 3.49. The van der Waals surface area contributed by atoms with Crippen LogP contribution in [-0.4, -0.2) is 9.78 Å². The number of anilines is 1. The third-order valence-electron chi connectivity index (χ3n) is 2.60. The second kappa shape index (κ2) is 6.30. The van der Waals surface area contributed by atoms with Crippen LogP contribution in [0.2, 0.25) is 0 Å². The molecule has 0 saturated heterocycles. The molecule has 0 aliphatic heterocycles. The minimum atomic E-state index is 0. The largest absolute Gasteiger partial charge is 0.378 e. The maximum absolute atomic E-state index is 4.40. The number of hydrogen-bond donors (Lipinski definition) is 1. The molecule has 1 aromatic carbocycles. The Bertz CT molecular complexity index is 451. The van der Waals surface area contributed by atoms with E-state index < -0.39 is 0 Å². The number of aromatic nitrogens is 2. The fourth-order valence-corrected chi connectivity index (χ4v) is 1.65. The summed E-state index contributed by atoms with van der Waals surface area (Å²) >= 11 is 0. The fourth-order valence-electron chi connectivity index (χ4n) is 1.65. The number of rotatable bonds is 4. The number of benzene rings is 1. The van der Waals surface area contributed by atoms with E-state index in [-0.39, 0.29) is 12.4 Å². The molecule has 92 valence electrons. The van der Waals surface area contributed by atoms with Crippen molar-refractivity contribution in [3.05, 3.63) is 47.8 Å². The van der Waals surface area contributed by atoms with Gasteiger partial charge in [0.15, 0.2) is 0 Å². The highest BCUT2D eigenvalue weighted by atomic mass is 35.5. The zero-order valence-corrected chi connectivity index (χ0v) is 11.0. The number of halogens is 1. The van der Waals surface area contributed by atoms with Gasteiger partial charge in [0, 0.05) is 19.3 Å². The van der Waals surface area contributed by atoms with Gasteiger partial charge in [-0.3, -0.25) is 4.68 Å². The molecular formula is C13H18ClN3. The molecular weight excluding hydrogens is 234 g/mol. The van der Waals surface area contributed by atoms with Gasteiger partial charge in [-0.2, -0.15) is 5.10 Å². The Kier molecular flexibility index (Phi) is 5.04. The van der Waals surface area contributed by atoms with Crippen LogP contribution in [0.25, 0.3) is 0 Å². The molecule has 0 aliphatic carbocycles. The van der Waals surface area contributed by atoms with E-state index >= 15 is 0 Å². The van der Waals surface area contributed by atoms with Gasteiger partial charge < -0.3 is 5.32 Å². The molecule has 0 radical (unpaired) electrons. The number of aryl methyl sites for hydroxylation is 2. The molecule has 0 aliphatic rings. The van der Waals surface area contributed by atoms with Gasteiger partial charge in [-0.1, -0.05) is 30.3 Å². The van der Waals surface area contributed by atoms with Crippen LogP contribution in [0.4, 0.5) is 5.69 Å². The lowest BCUT2D eigenvalue weighted by molar-refractivity contribution is 0.653. The van der Waals surface area contributed by atoms with Crippen molar-refractivity contribution in [2.75, 3.05) is 5.32 Å². The van der Waals surface area contributed by atoms with E-state index in [0.29, 0.717) is 0 Å². The van der Waals surface area contributed by atoms with E-state index in [4.69, 9.17) is 0 Å². The Balaban J connectivity index is 0.00000144. The standard InChI is InChI=1S/C13H17N3.ClH/c1-3-16-10-13(11(2)15-16)14-9-12-7-5-4-6-8-12;/h4-8,10,14H,3,9H2,1-2H3;1H. The summed E-state index contributed by atoms with van der Waals surface area (Å²) in [4.78, 5) is 0. The average molecular weight is 252 g/mol. The number of hydrogen-bond acceptors (Lipinski definition) is 2. The van der Waals surface area contributed by atoms with Gasteiger partial charge in [0.1, 0.15) is 0 Å². The van der Waals surface area contributed by atoms with Crippen LogP contribution < -0.4 is 5.32 Å². The summed E-state index contributed by atoms with van der Waals surface area (Å²) in [6, 6.07) is 10.4. The van der Waals surface area contributed by atoms with Crippen LogP contribution in [0, 0.1) is 6.92 Å². The first-order valence-corrected chi connectivity index (χ1v) is 5.61. The smallest absolute Gasteiger partial charge is 0.0825 e. The predicted molar refractivity (Wildman–Crippen MR) is 73.7 cm³/mol. The molecule has 0 unspecified atom stereocenters. The Morgan fingerprint density at radius 3 is 2.53 bits per heavy atom. The van der Waals surface area contributed by atoms with Gasteiger partial charge in [-0.25, -0.2) is 0 Å². The van der Waals surface area contributed by atoms with E-state index in [0.717, 1.165) is 24.5 Å². The molecule has 2 aromatic rings. The normalized spacial score (nSPS) is 9.76. The molecule has 17 heavy (non-hydrogen) atoms. The van der Waals surface area contributed by atoms with E-state index in [1.54, 1.807) is 0 Å². The Morgan fingerprint density at radius 2 is 1.94 bits per heavy atom. The van der Waals surface area contributed by atoms with Gasteiger partial charge in [-0.05, 0) is 19.4 Å². The summed E-state index contributed by atoms with van der Waals surface area (Å²) in [6.45, 7) is 5.87. The van der Waals surface area contributed by atoms with Gasteiger partial charge in [0.2, 0.25) is 0 Å². The maximum atomic E-state index is 4.40. The molecule has 0 amide bonds. The highest BCUT2D eigenvalue weighted by Gasteiger charge is 2.02. The minimum absolute atomic E-state index is 0. The van der Waals surface area contributed by atoms with Crippen molar-refractivity contribution in [3.8, 4) is 0 Å². The first-order valence-electron chi connectivity index (χ1n) is 5.61. The molecule has 2 rings (SSSR count). The van der Waals surface area contributed by atoms with Gasteiger partial charge >= 0.3 is 0 Å². The lowest BCUT2D eigenvalue weighted by atomic mass is 10.2. The second-order valence-corrected chi connectivity index (χ2v) is 3.82. The lowest BCUT2D eigenvalue weighted by Crippen LogP contribution is -1.99. The van der Waals surface area contributed by atoms with Crippen molar-refractivity contribution in [1.29, 1.82) is 0 Å². The van der Waals surface area contributed by atoms with Gasteiger partial charge in [0.25, 0.3) is 0 Å². The van der Waals surface area contributed by atoms with Crippen molar-refractivity contribution < 1.29 is 0 Å². The van der Waals surface area contributed by atoms with Crippen molar-refractivity contribution in [2.24, 2.45) is 0 Å².